The van der Waals surface area contributed by atoms with Gasteiger partial charge in [0.15, 0.2) is 9.84 Å². The topological polar surface area (TPSA) is 63.7 Å². The number of Topliss-reactive ketones (excluding diaryl/α,β-unsaturated/α-hetero) is 1. The Balaban J connectivity index is 1.77. The van der Waals surface area contributed by atoms with Crippen molar-refractivity contribution in [2.24, 2.45) is 0 Å². The van der Waals surface area contributed by atoms with Crippen LogP contribution < -0.4 is 4.90 Å². The molecular weight excluding hydrogens is 398 g/mol. The summed E-state index contributed by atoms with van der Waals surface area (Å²) in [7, 11) is -3.37. The predicted octanol–water partition coefficient (Wildman–Crippen LogP) is 4.49. The monoisotopic (exact) mass is 437 g/mol. The molecule has 170 valence electrons. The summed E-state index contributed by atoms with van der Waals surface area (Å²) in [6, 6.07) is 6.69. The maximum Gasteiger partial charge on any atom is 0.162 e. The number of morpholine rings is 1. The second-order valence-electron chi connectivity index (χ2n) is 9.74. The number of aryl methyl sites for hydroxylation is 2. The smallest absolute Gasteiger partial charge is 0.162 e. The Bertz CT molecular complexity index is 816. The van der Waals surface area contributed by atoms with Crippen LogP contribution in [-0.4, -0.2) is 50.0 Å². The zero-order valence-corrected chi connectivity index (χ0v) is 20.3. The maximum atomic E-state index is 12.1. The minimum absolute atomic E-state index is 0.167. The molecule has 0 aliphatic carbocycles. The highest BCUT2D eigenvalue weighted by Crippen LogP contribution is 2.24. The van der Waals surface area contributed by atoms with Crippen LogP contribution in [0.2, 0.25) is 0 Å². The van der Waals surface area contributed by atoms with E-state index in [2.05, 4.69) is 43.9 Å². The van der Waals surface area contributed by atoms with Gasteiger partial charge in [0.05, 0.1) is 17.0 Å². The lowest BCUT2D eigenvalue weighted by atomic mass is 10.00. The van der Waals surface area contributed by atoms with Gasteiger partial charge in [-0.05, 0) is 84.1 Å². The van der Waals surface area contributed by atoms with E-state index < -0.39 is 14.6 Å². The molecule has 30 heavy (non-hydrogen) atoms. The van der Waals surface area contributed by atoms with Gasteiger partial charge in [-0.25, -0.2) is 8.42 Å². The number of rotatable bonds is 9. The van der Waals surface area contributed by atoms with E-state index in [0.29, 0.717) is 6.42 Å². The highest BCUT2D eigenvalue weighted by Gasteiger charge is 2.30. The molecule has 0 unspecified atom stereocenters. The highest BCUT2D eigenvalue weighted by molar-refractivity contribution is 7.93. The Morgan fingerprint density at radius 3 is 2.30 bits per heavy atom. The van der Waals surface area contributed by atoms with Gasteiger partial charge in [0, 0.05) is 25.2 Å². The first-order valence-corrected chi connectivity index (χ1v) is 12.8. The molecule has 1 aromatic rings. The molecule has 0 amide bonds. The molecule has 1 fully saturated rings. The van der Waals surface area contributed by atoms with Crippen molar-refractivity contribution in [3.63, 3.8) is 0 Å². The van der Waals surface area contributed by atoms with E-state index in [4.69, 9.17) is 4.74 Å². The first kappa shape index (κ1) is 24.9. The van der Waals surface area contributed by atoms with E-state index in [1.54, 1.807) is 20.8 Å². The van der Waals surface area contributed by atoms with Crippen LogP contribution in [-0.2, 0) is 25.8 Å². The van der Waals surface area contributed by atoms with Crippen molar-refractivity contribution in [3.8, 4) is 0 Å². The van der Waals surface area contributed by atoms with Gasteiger partial charge in [0.2, 0.25) is 0 Å². The highest BCUT2D eigenvalue weighted by atomic mass is 32.2. The number of hydrogen-bond donors (Lipinski definition) is 0. The average Bonchev–Trinajstić information content (AvgIpc) is 2.60. The number of benzene rings is 1. The molecule has 1 aromatic carbocycles. The predicted molar refractivity (Wildman–Crippen MR) is 124 cm³/mol. The van der Waals surface area contributed by atoms with Crippen LogP contribution in [0.25, 0.3) is 0 Å². The van der Waals surface area contributed by atoms with Crippen LogP contribution in [0.4, 0.5) is 5.69 Å². The van der Waals surface area contributed by atoms with Gasteiger partial charge in [-0.2, -0.15) is 0 Å². The summed E-state index contributed by atoms with van der Waals surface area (Å²) in [5.74, 6) is -0.505. The third-order valence-electron chi connectivity index (χ3n) is 5.80. The number of carbonyl (C=O) groups is 1. The van der Waals surface area contributed by atoms with E-state index >= 15 is 0 Å². The molecule has 1 aliphatic heterocycles. The summed E-state index contributed by atoms with van der Waals surface area (Å²) in [6.45, 7) is 13.2. The van der Waals surface area contributed by atoms with Crippen LogP contribution in [0, 0.1) is 6.92 Å². The molecule has 0 radical (unpaired) electrons. The Hall–Kier alpha value is -1.40. The zero-order chi connectivity index (χ0) is 22.5. The summed E-state index contributed by atoms with van der Waals surface area (Å²) in [5, 5.41) is 0. The Kier molecular flexibility index (Phi) is 8.51. The van der Waals surface area contributed by atoms with E-state index in [1.807, 2.05) is 0 Å². The molecule has 1 heterocycles. The quantitative estimate of drug-likeness (QED) is 0.533. The molecule has 0 spiro atoms. The third kappa shape index (κ3) is 7.09. The molecule has 1 aliphatic rings. The van der Waals surface area contributed by atoms with Gasteiger partial charge in [0.1, 0.15) is 11.5 Å². The lowest BCUT2D eigenvalue weighted by Crippen LogP contribution is -2.45. The molecule has 2 rings (SSSR count). The molecule has 0 bridgehead atoms. The molecule has 1 saturated heterocycles. The van der Waals surface area contributed by atoms with Crippen molar-refractivity contribution >= 4 is 21.3 Å². The summed E-state index contributed by atoms with van der Waals surface area (Å²) in [4.78, 5) is 14.4. The number of nitrogens with zero attached hydrogens (tertiary/aromatic N) is 1. The first-order valence-electron chi connectivity index (χ1n) is 11.1. The molecule has 0 aromatic heterocycles. The van der Waals surface area contributed by atoms with Crippen LogP contribution >= 0.6 is 0 Å². The van der Waals surface area contributed by atoms with Gasteiger partial charge in [-0.3, -0.25) is 4.79 Å². The van der Waals surface area contributed by atoms with Gasteiger partial charge in [-0.15, -0.1) is 0 Å². The number of ether oxygens (including phenoxy) is 1. The van der Waals surface area contributed by atoms with Crippen molar-refractivity contribution in [1.82, 2.24) is 0 Å². The summed E-state index contributed by atoms with van der Waals surface area (Å²) < 4.78 is 29.2. The lowest BCUT2D eigenvalue weighted by molar-refractivity contribution is -0.116. The van der Waals surface area contributed by atoms with E-state index in [0.717, 1.165) is 38.8 Å². The van der Waals surface area contributed by atoms with Crippen LogP contribution in [0.15, 0.2) is 18.2 Å². The molecule has 5 nitrogen and oxygen atoms in total. The average molecular weight is 438 g/mol. The minimum Gasteiger partial charge on any atom is -0.372 e. The molecule has 0 N–H and O–H groups in total. The Labute approximate surface area is 183 Å². The fraction of sp³-hybridized carbons (Fsp3) is 0.708. The molecule has 6 heteroatoms. The maximum absolute atomic E-state index is 12.1. The van der Waals surface area contributed by atoms with Gasteiger partial charge in [-0.1, -0.05) is 12.5 Å². The van der Waals surface area contributed by atoms with Crippen molar-refractivity contribution < 1.29 is 17.9 Å². The van der Waals surface area contributed by atoms with Crippen molar-refractivity contribution in [2.45, 2.75) is 90.6 Å². The number of ketones is 1. The standard InChI is InChI=1S/C24H39NO4S/c1-18-14-22(25-15-19(2)29-20(3)16-25)13-12-21(18)10-8-7-9-11-23(26)17-30(27,28)24(4,5)6/h12-14,19-20H,7-11,15-17H2,1-6H3/t19-,20+. The molecular formula is C24H39NO4S. The number of hydrogen-bond acceptors (Lipinski definition) is 5. The van der Waals surface area contributed by atoms with Crippen molar-refractivity contribution in [2.75, 3.05) is 23.7 Å². The molecule has 2 atom stereocenters. The second kappa shape index (κ2) is 10.3. The largest absolute Gasteiger partial charge is 0.372 e. The lowest BCUT2D eigenvalue weighted by Gasteiger charge is -2.37. The normalized spacial score (nSPS) is 20.4. The Morgan fingerprint density at radius 1 is 1.10 bits per heavy atom. The summed E-state index contributed by atoms with van der Waals surface area (Å²) >= 11 is 0. The SMILES string of the molecule is Cc1cc(N2C[C@@H](C)O[C@@H](C)C2)ccc1CCCCCC(=O)CS(=O)(=O)C(C)(C)C. The number of unbranched alkanes of at least 4 members (excludes halogenated alkanes) is 2. The number of carbonyl (C=O) groups excluding carboxylic acids is 1. The second-order valence-corrected chi connectivity index (χ2v) is 12.5. The van der Waals surface area contributed by atoms with Crippen molar-refractivity contribution in [1.29, 1.82) is 0 Å². The number of sulfone groups is 1. The Morgan fingerprint density at radius 2 is 1.73 bits per heavy atom. The van der Waals surface area contributed by atoms with Crippen LogP contribution in [0.1, 0.15) is 71.4 Å². The number of anilines is 1. The van der Waals surface area contributed by atoms with E-state index in [-0.39, 0.29) is 23.7 Å². The van der Waals surface area contributed by atoms with Gasteiger partial charge in [0.25, 0.3) is 0 Å². The van der Waals surface area contributed by atoms with E-state index in [9.17, 15) is 13.2 Å². The molecule has 0 saturated carbocycles. The summed E-state index contributed by atoms with van der Waals surface area (Å²) in [6.07, 6.45) is 4.51. The van der Waals surface area contributed by atoms with Gasteiger partial charge >= 0.3 is 0 Å². The third-order valence-corrected chi connectivity index (χ3v) is 8.36. The zero-order valence-electron chi connectivity index (χ0n) is 19.5. The first-order chi connectivity index (χ1) is 13.9. The van der Waals surface area contributed by atoms with Gasteiger partial charge < -0.3 is 9.64 Å². The minimum atomic E-state index is -3.37. The van der Waals surface area contributed by atoms with Crippen LogP contribution in [0.3, 0.4) is 0 Å². The van der Waals surface area contributed by atoms with E-state index in [1.165, 1.54) is 16.8 Å². The van der Waals surface area contributed by atoms with Crippen molar-refractivity contribution in [3.05, 3.63) is 29.3 Å². The van der Waals surface area contributed by atoms with Crippen LogP contribution in [0.5, 0.6) is 0 Å². The summed E-state index contributed by atoms with van der Waals surface area (Å²) in [5.41, 5.74) is 3.89. The fourth-order valence-corrected chi connectivity index (χ4v) is 4.86. The fourth-order valence-electron chi connectivity index (χ4n) is 3.86.